The number of anilines is 1. The monoisotopic (exact) mass is 382 g/mol. The quantitative estimate of drug-likeness (QED) is 0.530. The first-order valence-corrected chi connectivity index (χ1v) is 9.35. The molecule has 0 aliphatic carbocycles. The highest BCUT2D eigenvalue weighted by Crippen LogP contribution is 2.22. The zero-order valence-corrected chi connectivity index (χ0v) is 14.7. The summed E-state index contributed by atoms with van der Waals surface area (Å²) >= 11 is 0. The van der Waals surface area contributed by atoms with Crippen molar-refractivity contribution >= 4 is 15.7 Å². The fourth-order valence-corrected chi connectivity index (χ4v) is 3.27. The Morgan fingerprint density at radius 1 is 1.00 bits per heavy atom. The molecule has 1 aromatic carbocycles. The van der Waals surface area contributed by atoms with Gasteiger partial charge in [0, 0.05) is 24.1 Å². The number of imidazole rings is 1. The van der Waals surface area contributed by atoms with Crippen molar-refractivity contribution in [1.29, 1.82) is 0 Å². The fraction of sp³-hybridized carbons (Fsp3) is 0. The number of H-pyrrole nitrogens is 1. The van der Waals surface area contributed by atoms with Crippen LogP contribution >= 0.6 is 0 Å². The number of benzene rings is 1. The molecular weight excluding hydrogens is 368 g/mol. The molecular formula is C17H14N6O3S. The maximum atomic E-state index is 12.1. The molecule has 2 N–H and O–H groups in total. The van der Waals surface area contributed by atoms with Gasteiger partial charge in [0.25, 0.3) is 10.0 Å². The minimum atomic E-state index is -3.70. The molecule has 27 heavy (non-hydrogen) atoms. The normalized spacial score (nSPS) is 11.3. The van der Waals surface area contributed by atoms with Gasteiger partial charge in [0.15, 0.2) is 10.8 Å². The predicted molar refractivity (Wildman–Crippen MR) is 97.3 cm³/mol. The second-order valence-electron chi connectivity index (χ2n) is 5.47. The summed E-state index contributed by atoms with van der Waals surface area (Å²) in [5, 5.41) is 8.12. The van der Waals surface area contributed by atoms with E-state index >= 15 is 0 Å². The Morgan fingerprint density at radius 3 is 2.41 bits per heavy atom. The molecule has 0 aliphatic rings. The lowest BCUT2D eigenvalue weighted by atomic mass is 10.3. The van der Waals surface area contributed by atoms with Gasteiger partial charge >= 0.3 is 0 Å². The summed E-state index contributed by atoms with van der Waals surface area (Å²) in [5.41, 5.74) is 0.394. The molecule has 3 heterocycles. The van der Waals surface area contributed by atoms with Crippen LogP contribution in [0.25, 0.3) is 5.82 Å². The molecule has 3 aromatic heterocycles. The van der Waals surface area contributed by atoms with Crippen LogP contribution in [0.15, 0.2) is 78.5 Å². The van der Waals surface area contributed by atoms with Crippen LogP contribution in [-0.2, 0) is 10.0 Å². The van der Waals surface area contributed by atoms with Gasteiger partial charge in [0.2, 0.25) is 5.88 Å². The van der Waals surface area contributed by atoms with Crippen LogP contribution in [-0.4, -0.2) is 33.2 Å². The van der Waals surface area contributed by atoms with Crippen molar-refractivity contribution in [2.45, 2.75) is 5.03 Å². The smallest absolute Gasteiger partial charge is 0.278 e. The van der Waals surface area contributed by atoms with E-state index in [-0.39, 0.29) is 5.03 Å². The lowest BCUT2D eigenvalue weighted by Crippen LogP contribution is -2.13. The Bertz CT molecular complexity index is 1110. The molecule has 4 aromatic rings. The van der Waals surface area contributed by atoms with Crippen LogP contribution in [0.2, 0.25) is 0 Å². The molecule has 136 valence electrons. The molecule has 0 radical (unpaired) electrons. The van der Waals surface area contributed by atoms with Crippen LogP contribution < -0.4 is 9.46 Å². The average Bonchev–Trinajstić information content (AvgIpc) is 3.38. The molecule has 4 rings (SSSR count). The Balaban J connectivity index is 1.43. The first-order valence-electron chi connectivity index (χ1n) is 7.86. The van der Waals surface area contributed by atoms with Gasteiger partial charge in [-0.05, 0) is 42.5 Å². The molecule has 0 saturated heterocycles. The zero-order chi connectivity index (χ0) is 18.7. The zero-order valence-electron chi connectivity index (χ0n) is 13.9. The molecule has 0 spiro atoms. The molecule has 0 bridgehead atoms. The van der Waals surface area contributed by atoms with Gasteiger partial charge < -0.3 is 14.3 Å². The molecule has 10 heteroatoms. The SMILES string of the molecule is O=S(=O)(Nc1ccc(Oc2ccc(-n3cccc3)nn2)cc1)c1cnc[nH]1. The van der Waals surface area contributed by atoms with E-state index in [1.165, 1.54) is 12.5 Å². The number of ether oxygens (including phenoxy) is 1. The topological polar surface area (TPSA) is 115 Å². The second-order valence-corrected chi connectivity index (χ2v) is 7.12. The third-order valence-electron chi connectivity index (χ3n) is 3.59. The van der Waals surface area contributed by atoms with Crippen molar-refractivity contribution in [2.75, 3.05) is 4.72 Å². The standard InChI is InChI=1S/C17H14N6O3S/c24-27(25,17-11-18-12-19-17)22-13-3-5-14(6-4-13)26-16-8-7-15(20-21-16)23-9-1-2-10-23/h1-12,22H,(H,18,19). The van der Waals surface area contributed by atoms with Gasteiger partial charge in [-0.2, -0.15) is 8.42 Å². The number of aromatic amines is 1. The average molecular weight is 382 g/mol. The summed E-state index contributed by atoms with van der Waals surface area (Å²) in [6.45, 7) is 0. The Hall–Kier alpha value is -3.66. The summed E-state index contributed by atoms with van der Waals surface area (Å²) in [5.74, 6) is 1.51. The molecule has 0 saturated carbocycles. The van der Waals surface area contributed by atoms with Crippen molar-refractivity contribution in [3.05, 3.63) is 73.4 Å². The van der Waals surface area contributed by atoms with Gasteiger partial charge in [-0.25, -0.2) is 4.98 Å². The highest BCUT2D eigenvalue weighted by atomic mass is 32.2. The number of hydrogen-bond donors (Lipinski definition) is 2. The van der Waals surface area contributed by atoms with E-state index in [1.807, 2.05) is 29.1 Å². The summed E-state index contributed by atoms with van der Waals surface area (Å²) in [4.78, 5) is 6.26. The van der Waals surface area contributed by atoms with Crippen LogP contribution in [0.5, 0.6) is 11.6 Å². The Morgan fingerprint density at radius 2 is 1.78 bits per heavy atom. The first-order chi connectivity index (χ1) is 13.1. The van der Waals surface area contributed by atoms with Gasteiger partial charge in [0.05, 0.1) is 12.5 Å². The third-order valence-corrected chi connectivity index (χ3v) is 4.89. The van der Waals surface area contributed by atoms with E-state index < -0.39 is 10.0 Å². The molecule has 0 aliphatic heterocycles. The lowest BCUT2D eigenvalue weighted by molar-refractivity contribution is 0.454. The van der Waals surface area contributed by atoms with Gasteiger partial charge in [-0.3, -0.25) is 4.72 Å². The van der Waals surface area contributed by atoms with Crippen LogP contribution in [0.1, 0.15) is 0 Å². The van der Waals surface area contributed by atoms with Crippen molar-refractivity contribution in [3.8, 4) is 17.4 Å². The van der Waals surface area contributed by atoms with Crippen molar-refractivity contribution in [1.82, 2.24) is 24.7 Å². The van der Waals surface area contributed by atoms with Gasteiger partial charge in [-0.15, -0.1) is 10.2 Å². The van der Waals surface area contributed by atoms with E-state index in [1.54, 1.807) is 36.4 Å². The lowest BCUT2D eigenvalue weighted by Gasteiger charge is -2.08. The van der Waals surface area contributed by atoms with E-state index in [2.05, 4.69) is 24.9 Å². The maximum absolute atomic E-state index is 12.1. The van der Waals surface area contributed by atoms with Crippen LogP contribution in [0, 0.1) is 0 Å². The summed E-state index contributed by atoms with van der Waals surface area (Å²) in [6, 6.07) is 13.7. The summed E-state index contributed by atoms with van der Waals surface area (Å²) < 4.78 is 34.2. The maximum Gasteiger partial charge on any atom is 0.278 e. The molecule has 0 amide bonds. The fourth-order valence-electron chi connectivity index (χ4n) is 2.30. The van der Waals surface area contributed by atoms with Gasteiger partial charge in [0.1, 0.15) is 5.75 Å². The highest BCUT2D eigenvalue weighted by molar-refractivity contribution is 7.92. The number of rotatable bonds is 6. The number of aromatic nitrogens is 5. The third kappa shape index (κ3) is 3.80. The second kappa shape index (κ2) is 6.92. The van der Waals surface area contributed by atoms with E-state index in [0.717, 1.165) is 0 Å². The minimum absolute atomic E-state index is 0.0131. The van der Waals surface area contributed by atoms with E-state index in [9.17, 15) is 8.42 Å². The van der Waals surface area contributed by atoms with Crippen LogP contribution in [0.4, 0.5) is 5.69 Å². The van der Waals surface area contributed by atoms with Crippen LogP contribution in [0.3, 0.4) is 0 Å². The number of nitrogens with one attached hydrogen (secondary N) is 2. The number of hydrogen-bond acceptors (Lipinski definition) is 6. The predicted octanol–water partition coefficient (Wildman–Crippen LogP) is 2.58. The highest BCUT2D eigenvalue weighted by Gasteiger charge is 2.15. The summed E-state index contributed by atoms with van der Waals surface area (Å²) in [7, 11) is -3.70. The molecule has 0 atom stereocenters. The molecule has 0 unspecified atom stereocenters. The van der Waals surface area contributed by atoms with Gasteiger partial charge in [-0.1, -0.05) is 0 Å². The van der Waals surface area contributed by atoms with Crippen molar-refractivity contribution in [2.24, 2.45) is 0 Å². The Labute approximate surface area is 154 Å². The largest absolute Gasteiger partial charge is 0.438 e. The first kappa shape index (κ1) is 16.8. The molecule has 0 fully saturated rings. The Kier molecular flexibility index (Phi) is 4.30. The molecule has 9 nitrogen and oxygen atoms in total. The number of nitrogens with zero attached hydrogens (tertiary/aromatic N) is 4. The number of sulfonamides is 1. The summed E-state index contributed by atoms with van der Waals surface area (Å²) in [6.07, 6.45) is 6.27. The minimum Gasteiger partial charge on any atom is -0.438 e. The van der Waals surface area contributed by atoms with E-state index in [0.29, 0.717) is 23.1 Å². The van der Waals surface area contributed by atoms with Crippen molar-refractivity contribution < 1.29 is 13.2 Å². The van der Waals surface area contributed by atoms with E-state index in [4.69, 9.17) is 4.74 Å². The van der Waals surface area contributed by atoms with Crippen molar-refractivity contribution in [3.63, 3.8) is 0 Å².